The fraction of sp³-hybridized carbons (Fsp3) is 0.194. The van der Waals surface area contributed by atoms with Crippen LogP contribution in [0.1, 0.15) is 39.9 Å². The smallest absolute Gasteiger partial charge is 0.266 e. The fourth-order valence-corrected chi connectivity index (χ4v) is 4.33. The first-order valence-electron chi connectivity index (χ1n) is 12.2. The number of nitrogens with one attached hydrogen (secondary N) is 1. The monoisotopic (exact) mass is 491 g/mol. The Morgan fingerprint density at radius 1 is 0.919 bits per heavy atom. The summed E-state index contributed by atoms with van der Waals surface area (Å²) in [6.07, 6.45) is 0.670. The summed E-state index contributed by atoms with van der Waals surface area (Å²) >= 11 is 0. The van der Waals surface area contributed by atoms with Crippen molar-refractivity contribution in [2.45, 2.75) is 39.8 Å². The van der Waals surface area contributed by atoms with Gasteiger partial charge in [-0.3, -0.25) is 9.59 Å². The SMILES string of the molecule is Cc1[nH]c(=O)c(C#N)c(C)c1CCC(=O)N(Cc1ccc(OCc2ccccc2)cc1)c1ccccc1. The van der Waals surface area contributed by atoms with E-state index in [2.05, 4.69) is 4.98 Å². The highest BCUT2D eigenvalue weighted by atomic mass is 16.5. The molecule has 0 radical (unpaired) electrons. The summed E-state index contributed by atoms with van der Waals surface area (Å²) in [7, 11) is 0. The zero-order valence-corrected chi connectivity index (χ0v) is 21.0. The Kier molecular flexibility index (Phi) is 8.17. The van der Waals surface area contributed by atoms with Gasteiger partial charge in [0.15, 0.2) is 0 Å². The number of pyridine rings is 1. The average Bonchev–Trinajstić information content (AvgIpc) is 2.92. The molecule has 0 fully saturated rings. The Morgan fingerprint density at radius 3 is 2.22 bits per heavy atom. The van der Waals surface area contributed by atoms with E-state index in [9.17, 15) is 14.9 Å². The number of aryl methyl sites for hydroxylation is 1. The van der Waals surface area contributed by atoms with E-state index < -0.39 is 5.56 Å². The van der Waals surface area contributed by atoms with E-state index in [4.69, 9.17) is 4.74 Å². The second-order valence-electron chi connectivity index (χ2n) is 8.90. The summed E-state index contributed by atoms with van der Waals surface area (Å²) in [6.45, 7) is 4.46. The summed E-state index contributed by atoms with van der Waals surface area (Å²) in [6, 6.07) is 29.3. The maximum absolute atomic E-state index is 13.5. The summed E-state index contributed by atoms with van der Waals surface area (Å²) < 4.78 is 5.89. The number of amides is 1. The molecule has 4 rings (SSSR count). The Morgan fingerprint density at radius 2 is 1.57 bits per heavy atom. The van der Waals surface area contributed by atoms with Gasteiger partial charge in [0.1, 0.15) is 24.0 Å². The highest BCUT2D eigenvalue weighted by Gasteiger charge is 2.19. The lowest BCUT2D eigenvalue weighted by Gasteiger charge is -2.24. The maximum Gasteiger partial charge on any atom is 0.266 e. The van der Waals surface area contributed by atoms with Crippen LogP contribution in [0.25, 0.3) is 0 Å². The lowest BCUT2D eigenvalue weighted by molar-refractivity contribution is -0.118. The largest absolute Gasteiger partial charge is 0.489 e. The minimum atomic E-state index is -0.394. The molecule has 0 aliphatic heterocycles. The van der Waals surface area contributed by atoms with Gasteiger partial charge in [0.05, 0.1) is 6.54 Å². The zero-order valence-electron chi connectivity index (χ0n) is 21.0. The molecule has 1 aromatic heterocycles. The van der Waals surface area contributed by atoms with Crippen LogP contribution in [0.3, 0.4) is 0 Å². The quantitative estimate of drug-likeness (QED) is 0.330. The molecule has 0 saturated carbocycles. The fourth-order valence-electron chi connectivity index (χ4n) is 4.33. The number of hydrogen-bond acceptors (Lipinski definition) is 4. The van der Waals surface area contributed by atoms with Gasteiger partial charge in [-0.05, 0) is 66.8 Å². The number of aromatic amines is 1. The molecule has 1 amide bonds. The molecule has 6 heteroatoms. The van der Waals surface area contributed by atoms with Crippen LogP contribution in [0.2, 0.25) is 0 Å². The van der Waals surface area contributed by atoms with E-state index in [1.807, 2.05) is 91.0 Å². The number of H-pyrrole nitrogens is 1. The van der Waals surface area contributed by atoms with Crippen molar-refractivity contribution in [2.24, 2.45) is 0 Å². The van der Waals surface area contributed by atoms with E-state index >= 15 is 0 Å². The molecule has 0 spiro atoms. The van der Waals surface area contributed by atoms with Gasteiger partial charge in [-0.15, -0.1) is 0 Å². The van der Waals surface area contributed by atoms with Crippen LogP contribution in [-0.2, 0) is 24.4 Å². The minimum Gasteiger partial charge on any atom is -0.489 e. The molecule has 37 heavy (non-hydrogen) atoms. The number of rotatable bonds is 9. The van der Waals surface area contributed by atoms with Crippen LogP contribution >= 0.6 is 0 Å². The molecule has 186 valence electrons. The average molecular weight is 492 g/mol. The highest BCUT2D eigenvalue weighted by molar-refractivity contribution is 5.93. The highest BCUT2D eigenvalue weighted by Crippen LogP contribution is 2.22. The van der Waals surface area contributed by atoms with Crippen molar-refractivity contribution in [3.63, 3.8) is 0 Å². The minimum absolute atomic E-state index is 0.0425. The summed E-state index contributed by atoms with van der Waals surface area (Å²) in [5.74, 6) is 0.724. The molecule has 0 saturated heterocycles. The molecule has 0 unspecified atom stereocenters. The third-order valence-electron chi connectivity index (χ3n) is 6.39. The Balaban J connectivity index is 1.48. The van der Waals surface area contributed by atoms with Gasteiger partial charge < -0.3 is 14.6 Å². The van der Waals surface area contributed by atoms with Crippen molar-refractivity contribution < 1.29 is 9.53 Å². The van der Waals surface area contributed by atoms with E-state index in [0.29, 0.717) is 30.8 Å². The van der Waals surface area contributed by atoms with Crippen molar-refractivity contribution in [3.8, 4) is 11.8 Å². The van der Waals surface area contributed by atoms with Crippen LogP contribution in [0, 0.1) is 25.2 Å². The molecule has 0 bridgehead atoms. The van der Waals surface area contributed by atoms with E-state index in [-0.39, 0.29) is 17.9 Å². The standard InChI is InChI=1S/C31H29N3O3/c1-22-28(23(2)33-31(36)29(22)19-32)17-18-30(35)34(26-11-7-4-8-12-26)20-24-13-15-27(16-14-24)37-21-25-9-5-3-6-10-25/h3-16H,17-18,20-21H2,1-2H3,(H,33,36). The van der Waals surface area contributed by atoms with Gasteiger partial charge in [-0.2, -0.15) is 5.26 Å². The maximum atomic E-state index is 13.5. The van der Waals surface area contributed by atoms with Gasteiger partial charge in [-0.25, -0.2) is 0 Å². The molecule has 0 aliphatic rings. The van der Waals surface area contributed by atoms with Crippen molar-refractivity contribution in [3.05, 3.63) is 129 Å². The predicted molar refractivity (Wildman–Crippen MR) is 144 cm³/mol. The predicted octanol–water partition coefficient (Wildman–Crippen LogP) is 5.61. The summed E-state index contributed by atoms with van der Waals surface area (Å²) in [5, 5.41) is 9.35. The topological polar surface area (TPSA) is 86.2 Å². The first-order valence-corrected chi connectivity index (χ1v) is 12.2. The normalized spacial score (nSPS) is 10.5. The number of carbonyl (C=O) groups excluding carboxylic acids is 1. The van der Waals surface area contributed by atoms with E-state index in [1.54, 1.807) is 18.7 Å². The number of benzene rings is 3. The van der Waals surface area contributed by atoms with E-state index in [1.165, 1.54) is 0 Å². The molecule has 1 heterocycles. The Hall–Kier alpha value is -4.63. The van der Waals surface area contributed by atoms with Crippen molar-refractivity contribution in [2.75, 3.05) is 4.90 Å². The van der Waals surface area contributed by atoms with Gasteiger partial charge in [-0.1, -0.05) is 60.7 Å². The number of ether oxygens (including phenoxy) is 1. The van der Waals surface area contributed by atoms with E-state index in [0.717, 1.165) is 28.1 Å². The Bertz CT molecular complexity index is 1450. The van der Waals surface area contributed by atoms with Crippen molar-refractivity contribution in [1.29, 1.82) is 5.26 Å². The van der Waals surface area contributed by atoms with Crippen LogP contribution in [0.5, 0.6) is 5.75 Å². The first-order chi connectivity index (χ1) is 18.0. The number of carbonyl (C=O) groups is 1. The molecule has 0 atom stereocenters. The van der Waals surface area contributed by atoms with Crippen molar-refractivity contribution in [1.82, 2.24) is 4.98 Å². The zero-order chi connectivity index (χ0) is 26.2. The molecule has 0 aliphatic carbocycles. The first kappa shape index (κ1) is 25.5. The van der Waals surface area contributed by atoms with Gasteiger partial charge in [0.2, 0.25) is 5.91 Å². The van der Waals surface area contributed by atoms with Crippen LogP contribution < -0.4 is 15.2 Å². The number of nitriles is 1. The summed E-state index contributed by atoms with van der Waals surface area (Å²) in [5.41, 5.74) is 4.74. The summed E-state index contributed by atoms with van der Waals surface area (Å²) in [4.78, 5) is 30.0. The molecular weight excluding hydrogens is 462 g/mol. The van der Waals surface area contributed by atoms with Gasteiger partial charge in [0, 0.05) is 17.8 Å². The van der Waals surface area contributed by atoms with Gasteiger partial charge >= 0.3 is 0 Å². The lowest BCUT2D eigenvalue weighted by atomic mass is 9.98. The molecule has 1 N–H and O–H groups in total. The number of anilines is 1. The lowest BCUT2D eigenvalue weighted by Crippen LogP contribution is -2.30. The van der Waals surface area contributed by atoms with Crippen LogP contribution in [0.15, 0.2) is 89.7 Å². The number of hydrogen-bond donors (Lipinski definition) is 1. The Labute approximate surface area is 216 Å². The van der Waals surface area contributed by atoms with Crippen LogP contribution in [0.4, 0.5) is 5.69 Å². The number of para-hydroxylation sites is 1. The van der Waals surface area contributed by atoms with Crippen LogP contribution in [-0.4, -0.2) is 10.9 Å². The molecule has 3 aromatic carbocycles. The second-order valence-corrected chi connectivity index (χ2v) is 8.90. The molecule has 6 nitrogen and oxygen atoms in total. The third kappa shape index (κ3) is 6.33. The van der Waals surface area contributed by atoms with Gasteiger partial charge in [0.25, 0.3) is 5.56 Å². The number of aromatic nitrogens is 1. The molecule has 4 aromatic rings. The van der Waals surface area contributed by atoms with Crippen molar-refractivity contribution >= 4 is 11.6 Å². The second kappa shape index (κ2) is 11.9. The third-order valence-corrected chi connectivity index (χ3v) is 6.39. The number of nitrogens with zero attached hydrogens (tertiary/aromatic N) is 2. The molecular formula is C31H29N3O3.